The summed E-state index contributed by atoms with van der Waals surface area (Å²) in [5.74, 6) is 0.537. The Bertz CT molecular complexity index is 682. The number of carbonyl (C=O) groups excluding carboxylic acids is 2. The fourth-order valence-corrected chi connectivity index (χ4v) is 2.04. The van der Waals surface area contributed by atoms with Crippen LogP contribution in [0.25, 0.3) is 0 Å². The van der Waals surface area contributed by atoms with Crippen LogP contribution in [0.4, 0.5) is 5.69 Å². The van der Waals surface area contributed by atoms with Crippen LogP contribution in [0.3, 0.4) is 0 Å². The molecule has 0 fully saturated rings. The van der Waals surface area contributed by atoms with Gasteiger partial charge in [-0.3, -0.25) is 9.59 Å². The van der Waals surface area contributed by atoms with Crippen LogP contribution in [0.1, 0.15) is 16.8 Å². The van der Waals surface area contributed by atoms with Crippen molar-refractivity contribution in [3.8, 4) is 11.5 Å². The number of benzene rings is 2. The smallest absolute Gasteiger partial charge is 0.232 e. The molecule has 2 aromatic rings. The van der Waals surface area contributed by atoms with Gasteiger partial charge in [0.15, 0.2) is 17.3 Å². The number of nitrogens with one attached hydrogen (secondary N) is 1. The number of para-hydroxylation sites is 1. The minimum absolute atomic E-state index is 0.154. The summed E-state index contributed by atoms with van der Waals surface area (Å²) in [6.45, 7) is 0.154. The molecule has 5 heteroatoms. The van der Waals surface area contributed by atoms with Crippen LogP contribution in [-0.4, -0.2) is 18.5 Å². The standard InChI is InChI=1S/C16H13NO4/c18-13(9-16(19)17-12-4-2-1-3-5-12)11-6-7-14-15(8-11)21-10-20-14/h1-8H,9-10H2,(H,17,19). The minimum Gasteiger partial charge on any atom is -0.454 e. The van der Waals surface area contributed by atoms with Crippen LogP contribution in [-0.2, 0) is 4.79 Å². The van der Waals surface area contributed by atoms with Gasteiger partial charge in [-0.2, -0.15) is 0 Å². The maximum Gasteiger partial charge on any atom is 0.232 e. The molecule has 0 aromatic heterocycles. The van der Waals surface area contributed by atoms with E-state index in [1.165, 1.54) is 0 Å². The second-order valence-electron chi connectivity index (χ2n) is 4.58. The van der Waals surface area contributed by atoms with E-state index >= 15 is 0 Å². The summed E-state index contributed by atoms with van der Waals surface area (Å²) in [6, 6.07) is 13.9. The summed E-state index contributed by atoms with van der Waals surface area (Å²) in [5.41, 5.74) is 1.10. The minimum atomic E-state index is -0.344. The molecule has 0 atom stereocenters. The van der Waals surface area contributed by atoms with Gasteiger partial charge < -0.3 is 14.8 Å². The SMILES string of the molecule is O=C(CC(=O)c1ccc2c(c1)OCO2)Nc1ccccc1. The zero-order valence-corrected chi connectivity index (χ0v) is 11.2. The lowest BCUT2D eigenvalue weighted by Gasteiger charge is -2.05. The van der Waals surface area contributed by atoms with Crippen molar-refractivity contribution in [2.75, 3.05) is 12.1 Å². The molecular weight excluding hydrogens is 270 g/mol. The quantitative estimate of drug-likeness (QED) is 0.692. The highest BCUT2D eigenvalue weighted by molar-refractivity contribution is 6.11. The highest BCUT2D eigenvalue weighted by Crippen LogP contribution is 2.32. The number of rotatable bonds is 4. The van der Waals surface area contributed by atoms with Gasteiger partial charge in [0.25, 0.3) is 0 Å². The number of amides is 1. The van der Waals surface area contributed by atoms with E-state index in [4.69, 9.17) is 9.47 Å². The third-order valence-corrected chi connectivity index (χ3v) is 3.07. The lowest BCUT2D eigenvalue weighted by Crippen LogP contribution is -2.16. The Morgan fingerprint density at radius 3 is 2.57 bits per heavy atom. The van der Waals surface area contributed by atoms with Crippen LogP contribution in [0.5, 0.6) is 11.5 Å². The van der Waals surface area contributed by atoms with Crippen molar-refractivity contribution in [2.24, 2.45) is 0 Å². The number of fused-ring (bicyclic) bond motifs is 1. The van der Waals surface area contributed by atoms with Gasteiger partial charge in [0.2, 0.25) is 12.7 Å². The Balaban J connectivity index is 1.65. The first-order valence-electron chi connectivity index (χ1n) is 6.50. The van der Waals surface area contributed by atoms with E-state index in [0.29, 0.717) is 22.7 Å². The van der Waals surface area contributed by atoms with Gasteiger partial charge in [-0.15, -0.1) is 0 Å². The van der Waals surface area contributed by atoms with Crippen molar-refractivity contribution in [1.82, 2.24) is 0 Å². The molecule has 5 nitrogen and oxygen atoms in total. The van der Waals surface area contributed by atoms with E-state index < -0.39 is 0 Å². The predicted octanol–water partition coefficient (Wildman–Crippen LogP) is 2.63. The second kappa shape index (κ2) is 5.66. The van der Waals surface area contributed by atoms with E-state index in [-0.39, 0.29) is 24.9 Å². The van der Waals surface area contributed by atoms with E-state index in [2.05, 4.69) is 5.32 Å². The Kier molecular flexibility index (Phi) is 3.55. The topological polar surface area (TPSA) is 64.6 Å². The van der Waals surface area contributed by atoms with Crippen LogP contribution in [0.15, 0.2) is 48.5 Å². The van der Waals surface area contributed by atoms with Gasteiger partial charge in [-0.25, -0.2) is 0 Å². The molecule has 0 aliphatic carbocycles. The van der Waals surface area contributed by atoms with Gasteiger partial charge in [0.1, 0.15) is 0 Å². The summed E-state index contributed by atoms with van der Waals surface area (Å²) >= 11 is 0. The Morgan fingerprint density at radius 1 is 1.00 bits per heavy atom. The van der Waals surface area contributed by atoms with Crippen molar-refractivity contribution in [3.63, 3.8) is 0 Å². The molecule has 1 aliphatic rings. The number of carbonyl (C=O) groups is 2. The van der Waals surface area contributed by atoms with Gasteiger partial charge in [-0.05, 0) is 30.3 Å². The van der Waals surface area contributed by atoms with Gasteiger partial charge in [-0.1, -0.05) is 18.2 Å². The first-order chi connectivity index (χ1) is 10.2. The van der Waals surface area contributed by atoms with Crippen LogP contribution >= 0.6 is 0 Å². The predicted molar refractivity (Wildman–Crippen MR) is 76.6 cm³/mol. The molecule has 0 radical (unpaired) electrons. The number of ether oxygens (including phenoxy) is 2. The van der Waals surface area contributed by atoms with E-state index in [0.717, 1.165) is 0 Å². The number of hydrogen-bond donors (Lipinski definition) is 1. The fourth-order valence-electron chi connectivity index (χ4n) is 2.04. The summed E-state index contributed by atoms with van der Waals surface area (Å²) in [6.07, 6.45) is -0.214. The van der Waals surface area contributed by atoms with Gasteiger partial charge in [0, 0.05) is 11.3 Å². The molecule has 1 aliphatic heterocycles. The zero-order chi connectivity index (χ0) is 14.7. The summed E-state index contributed by atoms with van der Waals surface area (Å²) in [5, 5.41) is 2.68. The van der Waals surface area contributed by atoms with Crippen LogP contribution in [0.2, 0.25) is 0 Å². The van der Waals surface area contributed by atoms with E-state index in [1.54, 1.807) is 30.3 Å². The number of ketones is 1. The summed E-state index contributed by atoms with van der Waals surface area (Å²) in [7, 11) is 0. The summed E-state index contributed by atoms with van der Waals surface area (Å²) < 4.78 is 10.4. The molecule has 1 N–H and O–H groups in total. The van der Waals surface area contributed by atoms with Gasteiger partial charge in [0.05, 0.1) is 6.42 Å². The monoisotopic (exact) mass is 283 g/mol. The van der Waals surface area contributed by atoms with Crippen molar-refractivity contribution >= 4 is 17.4 Å². The molecule has 1 heterocycles. The average Bonchev–Trinajstić information content (AvgIpc) is 2.95. The maximum absolute atomic E-state index is 12.1. The van der Waals surface area contributed by atoms with Crippen molar-refractivity contribution < 1.29 is 19.1 Å². The molecule has 0 spiro atoms. The molecule has 0 saturated carbocycles. The largest absolute Gasteiger partial charge is 0.454 e. The van der Waals surface area contributed by atoms with E-state index in [1.807, 2.05) is 18.2 Å². The molecule has 3 rings (SSSR count). The highest BCUT2D eigenvalue weighted by Gasteiger charge is 2.18. The maximum atomic E-state index is 12.1. The number of hydrogen-bond acceptors (Lipinski definition) is 4. The average molecular weight is 283 g/mol. The summed E-state index contributed by atoms with van der Waals surface area (Å²) in [4.78, 5) is 23.9. The lowest BCUT2D eigenvalue weighted by atomic mass is 10.1. The molecule has 0 unspecified atom stereocenters. The lowest BCUT2D eigenvalue weighted by molar-refractivity contribution is -0.115. The van der Waals surface area contributed by atoms with Crippen molar-refractivity contribution in [3.05, 3.63) is 54.1 Å². The highest BCUT2D eigenvalue weighted by atomic mass is 16.7. The van der Waals surface area contributed by atoms with Crippen molar-refractivity contribution in [2.45, 2.75) is 6.42 Å². The first kappa shape index (κ1) is 13.2. The molecule has 106 valence electrons. The number of anilines is 1. The first-order valence-corrected chi connectivity index (χ1v) is 6.50. The molecule has 0 saturated heterocycles. The zero-order valence-electron chi connectivity index (χ0n) is 11.2. The molecule has 21 heavy (non-hydrogen) atoms. The third kappa shape index (κ3) is 3.02. The normalized spacial score (nSPS) is 12.0. The van der Waals surface area contributed by atoms with E-state index in [9.17, 15) is 9.59 Å². The molecule has 0 bridgehead atoms. The molecule has 1 amide bonds. The molecular formula is C16H13NO4. The van der Waals surface area contributed by atoms with Crippen LogP contribution in [0, 0.1) is 0 Å². The fraction of sp³-hybridized carbons (Fsp3) is 0.125. The molecule has 2 aromatic carbocycles. The second-order valence-corrected chi connectivity index (χ2v) is 4.58. The Labute approximate surface area is 121 Å². The Morgan fingerprint density at radius 2 is 1.76 bits per heavy atom. The van der Waals surface area contributed by atoms with Crippen LogP contribution < -0.4 is 14.8 Å². The number of Topliss-reactive ketones (excluding diaryl/α,β-unsaturated/α-hetero) is 1. The van der Waals surface area contributed by atoms with Crippen molar-refractivity contribution in [1.29, 1.82) is 0 Å². The Hall–Kier alpha value is -2.82. The van der Waals surface area contributed by atoms with Gasteiger partial charge >= 0.3 is 0 Å². The third-order valence-electron chi connectivity index (χ3n) is 3.07.